The third-order valence-electron chi connectivity index (χ3n) is 3.24. The fourth-order valence-electron chi connectivity index (χ4n) is 2.19. The van der Waals surface area contributed by atoms with Crippen LogP contribution in [-0.2, 0) is 16.1 Å². The number of nitrogens with one attached hydrogen (secondary N) is 1. The number of rotatable bonds is 4. The van der Waals surface area contributed by atoms with Crippen molar-refractivity contribution in [3.05, 3.63) is 35.6 Å². The summed E-state index contributed by atoms with van der Waals surface area (Å²) >= 11 is 0. The van der Waals surface area contributed by atoms with E-state index in [2.05, 4.69) is 11.2 Å². The Morgan fingerprint density at radius 1 is 1.45 bits per heavy atom. The van der Waals surface area contributed by atoms with Crippen molar-refractivity contribution in [2.75, 3.05) is 13.1 Å². The van der Waals surface area contributed by atoms with E-state index in [9.17, 15) is 14.0 Å². The van der Waals surface area contributed by atoms with Crippen molar-refractivity contribution in [2.45, 2.75) is 13.0 Å². The number of amides is 2. The van der Waals surface area contributed by atoms with Crippen LogP contribution in [0.1, 0.15) is 12.0 Å². The van der Waals surface area contributed by atoms with Gasteiger partial charge in [-0.2, -0.15) is 0 Å². The molecule has 0 saturated carbocycles. The highest BCUT2D eigenvalue weighted by molar-refractivity contribution is 5.89. The summed E-state index contributed by atoms with van der Waals surface area (Å²) < 4.78 is 12.8. The molecule has 0 radical (unpaired) electrons. The number of hydrogen-bond donors (Lipinski definition) is 1. The zero-order chi connectivity index (χ0) is 14.5. The molecule has 5 heteroatoms. The van der Waals surface area contributed by atoms with E-state index < -0.39 is 0 Å². The maximum atomic E-state index is 12.8. The van der Waals surface area contributed by atoms with Gasteiger partial charge < -0.3 is 10.2 Å². The van der Waals surface area contributed by atoms with E-state index in [1.165, 1.54) is 12.1 Å². The van der Waals surface area contributed by atoms with Crippen LogP contribution in [-0.4, -0.2) is 29.8 Å². The lowest BCUT2D eigenvalue weighted by atomic mass is 10.1. The molecular weight excluding hydrogens is 259 g/mol. The first-order chi connectivity index (χ1) is 9.60. The lowest BCUT2D eigenvalue weighted by Crippen LogP contribution is -2.33. The van der Waals surface area contributed by atoms with Crippen LogP contribution in [0.5, 0.6) is 0 Å². The van der Waals surface area contributed by atoms with E-state index in [0.29, 0.717) is 13.1 Å². The zero-order valence-electron chi connectivity index (χ0n) is 10.9. The normalized spacial score (nSPS) is 17.9. The highest BCUT2D eigenvalue weighted by Crippen LogP contribution is 2.20. The number of likely N-dealkylation sites (tertiary alicyclic amines) is 1. The third-order valence-corrected chi connectivity index (χ3v) is 3.24. The van der Waals surface area contributed by atoms with Gasteiger partial charge in [0.05, 0.1) is 12.5 Å². The SMILES string of the molecule is C#CCNC(=O)C1CC(=O)N(Cc2ccc(F)cc2)C1. The zero-order valence-corrected chi connectivity index (χ0v) is 10.9. The maximum Gasteiger partial charge on any atom is 0.226 e. The molecule has 1 heterocycles. The van der Waals surface area contributed by atoms with E-state index in [1.54, 1.807) is 17.0 Å². The van der Waals surface area contributed by atoms with E-state index >= 15 is 0 Å². The van der Waals surface area contributed by atoms with Crippen molar-refractivity contribution in [2.24, 2.45) is 5.92 Å². The topological polar surface area (TPSA) is 49.4 Å². The summed E-state index contributed by atoms with van der Waals surface area (Å²) in [5, 5.41) is 2.58. The van der Waals surface area contributed by atoms with Crippen molar-refractivity contribution in [3.63, 3.8) is 0 Å². The van der Waals surface area contributed by atoms with Gasteiger partial charge in [0.15, 0.2) is 0 Å². The van der Waals surface area contributed by atoms with Gasteiger partial charge in [0.2, 0.25) is 11.8 Å². The average Bonchev–Trinajstić information content (AvgIpc) is 2.80. The molecule has 2 rings (SSSR count). The van der Waals surface area contributed by atoms with E-state index in [-0.39, 0.29) is 36.5 Å². The summed E-state index contributed by atoms with van der Waals surface area (Å²) in [7, 11) is 0. The number of hydrogen-bond acceptors (Lipinski definition) is 2. The van der Waals surface area contributed by atoms with Crippen LogP contribution in [0.4, 0.5) is 4.39 Å². The fourth-order valence-corrected chi connectivity index (χ4v) is 2.19. The molecule has 1 saturated heterocycles. The van der Waals surface area contributed by atoms with Gasteiger partial charge >= 0.3 is 0 Å². The number of carbonyl (C=O) groups is 2. The molecule has 0 aromatic heterocycles. The lowest BCUT2D eigenvalue weighted by molar-refractivity contribution is -0.129. The fraction of sp³-hybridized carbons (Fsp3) is 0.333. The van der Waals surface area contributed by atoms with Crippen LogP contribution >= 0.6 is 0 Å². The van der Waals surface area contributed by atoms with Crippen LogP contribution in [0.3, 0.4) is 0 Å². The molecule has 1 aromatic carbocycles. The second kappa shape index (κ2) is 6.20. The van der Waals surface area contributed by atoms with Crippen molar-refractivity contribution in [1.29, 1.82) is 0 Å². The standard InChI is InChI=1S/C15H15FN2O2/c1-2-7-17-15(20)12-8-14(19)18(10-12)9-11-3-5-13(16)6-4-11/h1,3-6,12H,7-10H2,(H,17,20). The molecule has 0 spiro atoms. The minimum atomic E-state index is -0.365. The van der Waals surface area contributed by atoms with E-state index in [4.69, 9.17) is 6.42 Å². The predicted molar refractivity (Wildman–Crippen MR) is 71.8 cm³/mol. The Morgan fingerprint density at radius 3 is 2.80 bits per heavy atom. The van der Waals surface area contributed by atoms with E-state index in [1.807, 2.05) is 0 Å². The molecular formula is C15H15FN2O2. The molecule has 2 amide bonds. The second-order valence-electron chi connectivity index (χ2n) is 4.72. The van der Waals surface area contributed by atoms with Crippen LogP contribution in [0.2, 0.25) is 0 Å². The molecule has 1 unspecified atom stereocenters. The maximum absolute atomic E-state index is 12.8. The molecule has 20 heavy (non-hydrogen) atoms. The molecule has 1 aliphatic rings. The molecule has 1 atom stereocenters. The number of halogens is 1. The Balaban J connectivity index is 1.94. The van der Waals surface area contributed by atoms with Gasteiger partial charge in [0.1, 0.15) is 5.82 Å². The highest BCUT2D eigenvalue weighted by atomic mass is 19.1. The quantitative estimate of drug-likeness (QED) is 0.830. The van der Waals surface area contributed by atoms with Crippen molar-refractivity contribution >= 4 is 11.8 Å². The van der Waals surface area contributed by atoms with Crippen LogP contribution in [0.15, 0.2) is 24.3 Å². The van der Waals surface area contributed by atoms with Crippen LogP contribution in [0.25, 0.3) is 0 Å². The summed E-state index contributed by atoms with van der Waals surface area (Å²) in [4.78, 5) is 25.2. The largest absolute Gasteiger partial charge is 0.345 e. The minimum absolute atomic E-state index is 0.0739. The highest BCUT2D eigenvalue weighted by Gasteiger charge is 2.33. The first-order valence-corrected chi connectivity index (χ1v) is 6.33. The molecule has 0 aliphatic carbocycles. The van der Waals surface area contributed by atoms with Crippen molar-refractivity contribution in [1.82, 2.24) is 10.2 Å². The number of carbonyl (C=O) groups excluding carboxylic acids is 2. The number of nitrogens with zero attached hydrogens (tertiary/aromatic N) is 1. The molecule has 4 nitrogen and oxygen atoms in total. The molecule has 1 aliphatic heterocycles. The molecule has 1 fully saturated rings. The molecule has 0 bridgehead atoms. The number of terminal acetylenes is 1. The lowest BCUT2D eigenvalue weighted by Gasteiger charge is -2.16. The van der Waals surface area contributed by atoms with Gasteiger partial charge in [-0.1, -0.05) is 18.1 Å². The Morgan fingerprint density at radius 2 is 2.15 bits per heavy atom. The monoisotopic (exact) mass is 274 g/mol. The first-order valence-electron chi connectivity index (χ1n) is 6.33. The van der Waals surface area contributed by atoms with Crippen molar-refractivity contribution < 1.29 is 14.0 Å². The van der Waals surface area contributed by atoms with Crippen LogP contribution in [0, 0.1) is 24.1 Å². The van der Waals surface area contributed by atoms with Gasteiger partial charge in [0.25, 0.3) is 0 Å². The average molecular weight is 274 g/mol. The van der Waals surface area contributed by atoms with Gasteiger partial charge in [-0.15, -0.1) is 6.42 Å². The van der Waals surface area contributed by atoms with Gasteiger partial charge in [-0.3, -0.25) is 9.59 Å². The first kappa shape index (κ1) is 14.1. The minimum Gasteiger partial charge on any atom is -0.345 e. The van der Waals surface area contributed by atoms with Gasteiger partial charge in [0, 0.05) is 19.5 Å². The van der Waals surface area contributed by atoms with Crippen molar-refractivity contribution in [3.8, 4) is 12.3 Å². The third kappa shape index (κ3) is 3.35. The van der Waals surface area contributed by atoms with Crippen LogP contribution < -0.4 is 5.32 Å². The molecule has 1 aromatic rings. The summed E-state index contributed by atoms with van der Waals surface area (Å²) in [6, 6.07) is 5.97. The Hall–Kier alpha value is -2.35. The summed E-state index contributed by atoms with van der Waals surface area (Å²) in [6.45, 7) is 0.923. The second-order valence-corrected chi connectivity index (χ2v) is 4.72. The Labute approximate surface area is 117 Å². The summed E-state index contributed by atoms with van der Waals surface area (Å²) in [6.07, 6.45) is 5.26. The van der Waals surface area contributed by atoms with E-state index in [0.717, 1.165) is 5.56 Å². The molecule has 1 N–H and O–H groups in total. The summed E-state index contributed by atoms with van der Waals surface area (Å²) in [5.74, 6) is 1.38. The summed E-state index contributed by atoms with van der Waals surface area (Å²) in [5.41, 5.74) is 0.837. The Bertz CT molecular complexity index is 548. The van der Waals surface area contributed by atoms with Gasteiger partial charge in [-0.05, 0) is 17.7 Å². The predicted octanol–water partition coefficient (Wildman–Crippen LogP) is 0.924. The van der Waals surface area contributed by atoms with Gasteiger partial charge in [-0.25, -0.2) is 4.39 Å². The number of benzene rings is 1. The molecule has 104 valence electrons. The Kier molecular flexibility index (Phi) is 4.36. The smallest absolute Gasteiger partial charge is 0.226 e.